The van der Waals surface area contributed by atoms with E-state index in [2.05, 4.69) is 0 Å². The van der Waals surface area contributed by atoms with Crippen LogP contribution in [0.15, 0.2) is 18.2 Å². The summed E-state index contributed by atoms with van der Waals surface area (Å²) >= 11 is 0. The summed E-state index contributed by atoms with van der Waals surface area (Å²) in [5, 5.41) is 0. The Morgan fingerprint density at radius 1 is 1.22 bits per heavy atom. The second kappa shape index (κ2) is 8.38. The Labute approximate surface area is 143 Å². The quantitative estimate of drug-likeness (QED) is 0.878. The van der Waals surface area contributed by atoms with Crippen LogP contribution in [0.25, 0.3) is 0 Å². The second-order valence-electron chi connectivity index (χ2n) is 5.65. The Morgan fingerprint density at radius 3 is 2.22 bits per heavy atom. The third-order valence-corrected chi connectivity index (χ3v) is 3.99. The highest BCUT2D eigenvalue weighted by Crippen LogP contribution is 2.25. The van der Waals surface area contributed by atoms with Crippen LogP contribution in [-0.4, -0.2) is 50.8 Å². The molecule has 1 amide bonds. The molecule has 6 nitrogen and oxygen atoms in total. The lowest BCUT2D eigenvalue weighted by molar-refractivity contribution is -0.139. The van der Waals surface area contributed by atoms with Crippen molar-refractivity contribution in [1.29, 1.82) is 0 Å². The van der Waals surface area contributed by atoms with E-state index in [1.54, 1.807) is 32.2 Å². The number of methoxy groups -OCH3 is 2. The summed E-state index contributed by atoms with van der Waals surface area (Å²) in [4.78, 5) is 14.3. The van der Waals surface area contributed by atoms with Gasteiger partial charge in [-0.25, -0.2) is 0 Å². The molecule has 0 unspecified atom stereocenters. The van der Waals surface area contributed by atoms with Gasteiger partial charge < -0.3 is 24.8 Å². The number of rotatable bonds is 5. The molecule has 130 valence electrons. The third kappa shape index (κ3) is 4.73. The van der Waals surface area contributed by atoms with Gasteiger partial charge in [0.25, 0.3) is 0 Å². The first-order valence-electron chi connectivity index (χ1n) is 7.32. The average Bonchev–Trinajstić information content (AvgIpc) is 2.54. The summed E-state index contributed by atoms with van der Waals surface area (Å²) in [7, 11) is 4.97. The van der Waals surface area contributed by atoms with Gasteiger partial charge in [-0.2, -0.15) is 0 Å². The molecule has 2 N–H and O–H groups in total. The van der Waals surface area contributed by atoms with Crippen LogP contribution >= 0.6 is 12.4 Å². The van der Waals surface area contributed by atoms with E-state index in [-0.39, 0.29) is 18.3 Å². The van der Waals surface area contributed by atoms with Gasteiger partial charge in [-0.05, 0) is 30.5 Å². The largest absolute Gasteiger partial charge is 0.497 e. The van der Waals surface area contributed by atoms with Gasteiger partial charge in [0, 0.05) is 32.9 Å². The van der Waals surface area contributed by atoms with E-state index in [9.17, 15) is 4.79 Å². The van der Waals surface area contributed by atoms with Gasteiger partial charge in [-0.1, -0.05) is 0 Å². The molecule has 0 atom stereocenters. The highest BCUT2D eigenvalue weighted by molar-refractivity contribution is 5.86. The summed E-state index contributed by atoms with van der Waals surface area (Å²) < 4.78 is 15.8. The highest BCUT2D eigenvalue weighted by atomic mass is 35.5. The van der Waals surface area contributed by atoms with E-state index in [1.165, 1.54) is 0 Å². The number of benzene rings is 1. The van der Waals surface area contributed by atoms with E-state index >= 15 is 0 Å². The van der Waals surface area contributed by atoms with Gasteiger partial charge in [0.2, 0.25) is 5.91 Å². The Balaban J connectivity index is 0.00000264. The van der Waals surface area contributed by atoms with Crippen molar-refractivity contribution in [2.45, 2.75) is 24.9 Å². The predicted molar refractivity (Wildman–Crippen MR) is 90.2 cm³/mol. The zero-order chi connectivity index (χ0) is 16.2. The molecule has 1 aromatic carbocycles. The van der Waals surface area contributed by atoms with Crippen molar-refractivity contribution in [2.24, 2.45) is 5.73 Å². The number of ether oxygens (including phenoxy) is 3. The summed E-state index contributed by atoms with van der Waals surface area (Å²) in [6.45, 7) is 1.51. The van der Waals surface area contributed by atoms with Crippen molar-refractivity contribution in [3.8, 4) is 11.5 Å². The van der Waals surface area contributed by atoms with Crippen molar-refractivity contribution in [3.05, 3.63) is 23.8 Å². The van der Waals surface area contributed by atoms with E-state index in [0.717, 1.165) is 5.56 Å². The predicted octanol–water partition coefficient (Wildman–Crippen LogP) is 1.59. The van der Waals surface area contributed by atoms with Crippen molar-refractivity contribution >= 4 is 18.3 Å². The van der Waals surface area contributed by atoms with Crippen molar-refractivity contribution < 1.29 is 19.0 Å². The number of hydrogen-bond donors (Lipinski definition) is 1. The van der Waals surface area contributed by atoms with Gasteiger partial charge in [-0.3, -0.25) is 4.79 Å². The zero-order valence-corrected chi connectivity index (χ0v) is 14.6. The fourth-order valence-corrected chi connectivity index (χ4v) is 2.63. The number of hydrogen-bond acceptors (Lipinski definition) is 5. The summed E-state index contributed by atoms with van der Waals surface area (Å²) in [5.74, 6) is 1.34. The molecule has 0 saturated carbocycles. The lowest BCUT2D eigenvalue weighted by atomic mass is 9.89. The molecule has 23 heavy (non-hydrogen) atoms. The molecule has 1 aromatic rings. The number of nitrogens with two attached hydrogens (primary N) is 1. The standard InChI is InChI=1S/C16H24N2O4.ClH/c1-18(15(19)16(17)4-6-22-7-5-16)11-12-8-13(20-2)10-14(9-12)21-3;/h8-10H,4-7,11,17H2,1-3H3;1H. The fourth-order valence-electron chi connectivity index (χ4n) is 2.63. The number of carbonyl (C=O) groups is 1. The lowest BCUT2D eigenvalue weighted by Crippen LogP contribution is -2.57. The molecular weight excluding hydrogens is 320 g/mol. The molecule has 0 spiro atoms. The minimum absolute atomic E-state index is 0. The van der Waals surface area contributed by atoms with Crippen molar-refractivity contribution in [3.63, 3.8) is 0 Å². The van der Waals surface area contributed by atoms with Crippen LogP contribution in [-0.2, 0) is 16.1 Å². The van der Waals surface area contributed by atoms with Crippen LogP contribution in [0.1, 0.15) is 18.4 Å². The molecule has 2 rings (SSSR count). The summed E-state index contributed by atoms with van der Waals surface area (Å²) in [6, 6.07) is 5.58. The van der Waals surface area contributed by atoms with Crippen LogP contribution in [0, 0.1) is 0 Å². The average molecular weight is 345 g/mol. The molecular formula is C16H25ClN2O4. The van der Waals surface area contributed by atoms with Crippen LogP contribution in [0.2, 0.25) is 0 Å². The van der Waals surface area contributed by atoms with Gasteiger partial charge in [-0.15, -0.1) is 12.4 Å². The highest BCUT2D eigenvalue weighted by Gasteiger charge is 2.37. The smallest absolute Gasteiger partial charge is 0.242 e. The van der Waals surface area contributed by atoms with Gasteiger partial charge in [0.15, 0.2) is 0 Å². The molecule has 0 aromatic heterocycles. The first-order chi connectivity index (χ1) is 10.5. The SMILES string of the molecule is COc1cc(CN(C)C(=O)C2(N)CCOCC2)cc(OC)c1.Cl. The van der Waals surface area contributed by atoms with Crippen molar-refractivity contribution in [2.75, 3.05) is 34.5 Å². The molecule has 1 saturated heterocycles. The first-order valence-corrected chi connectivity index (χ1v) is 7.32. The van der Waals surface area contributed by atoms with Crippen LogP contribution < -0.4 is 15.2 Å². The Kier molecular flexibility index (Phi) is 7.12. The lowest BCUT2D eigenvalue weighted by Gasteiger charge is -2.35. The van der Waals surface area contributed by atoms with E-state index < -0.39 is 5.54 Å². The molecule has 0 aliphatic carbocycles. The number of nitrogens with zero attached hydrogens (tertiary/aromatic N) is 1. The molecule has 1 aliphatic rings. The molecule has 0 radical (unpaired) electrons. The Morgan fingerprint density at radius 2 is 1.74 bits per heavy atom. The summed E-state index contributed by atoms with van der Waals surface area (Å²) in [5.41, 5.74) is 6.36. The summed E-state index contributed by atoms with van der Waals surface area (Å²) in [6.07, 6.45) is 1.11. The number of likely N-dealkylation sites (N-methyl/N-ethyl adjacent to an activating group) is 1. The van der Waals surface area contributed by atoms with Crippen LogP contribution in [0.5, 0.6) is 11.5 Å². The Bertz CT molecular complexity index is 511. The molecule has 0 bridgehead atoms. The number of amides is 1. The fraction of sp³-hybridized carbons (Fsp3) is 0.562. The van der Waals surface area contributed by atoms with E-state index in [1.807, 2.05) is 12.1 Å². The first kappa shape index (κ1) is 19.5. The molecule has 1 aliphatic heterocycles. The minimum Gasteiger partial charge on any atom is -0.497 e. The van der Waals surface area contributed by atoms with Gasteiger partial charge in [0.05, 0.1) is 19.8 Å². The molecule has 1 fully saturated rings. The molecule has 7 heteroatoms. The second-order valence-corrected chi connectivity index (χ2v) is 5.65. The van der Waals surface area contributed by atoms with Gasteiger partial charge >= 0.3 is 0 Å². The van der Waals surface area contributed by atoms with Gasteiger partial charge in [0.1, 0.15) is 11.5 Å². The maximum absolute atomic E-state index is 12.6. The topological polar surface area (TPSA) is 74.0 Å². The zero-order valence-electron chi connectivity index (χ0n) is 13.8. The normalized spacial score (nSPS) is 16.2. The monoisotopic (exact) mass is 344 g/mol. The number of carbonyl (C=O) groups excluding carboxylic acids is 1. The maximum atomic E-state index is 12.6. The van der Waals surface area contributed by atoms with E-state index in [4.69, 9.17) is 19.9 Å². The van der Waals surface area contributed by atoms with Crippen molar-refractivity contribution in [1.82, 2.24) is 4.90 Å². The minimum atomic E-state index is -0.823. The third-order valence-electron chi connectivity index (χ3n) is 3.99. The van der Waals surface area contributed by atoms with E-state index in [0.29, 0.717) is 44.1 Å². The maximum Gasteiger partial charge on any atom is 0.242 e. The Hall–Kier alpha value is -1.50. The van der Waals surface area contributed by atoms with Crippen LogP contribution in [0.4, 0.5) is 0 Å². The molecule has 1 heterocycles. The number of halogens is 1. The van der Waals surface area contributed by atoms with Crippen LogP contribution in [0.3, 0.4) is 0 Å².